The molecule has 0 bridgehead atoms. The number of nitriles is 3. The highest BCUT2D eigenvalue weighted by molar-refractivity contribution is 9.10. The first kappa shape index (κ1) is 18.2. The van der Waals surface area contributed by atoms with Crippen molar-refractivity contribution in [3.05, 3.63) is 39.5 Å². The van der Waals surface area contributed by atoms with Gasteiger partial charge < -0.3 is 10.1 Å². The number of allylic oxidation sites excluding steroid dienone is 2. The molecule has 6 nitrogen and oxygen atoms in total. The van der Waals surface area contributed by atoms with E-state index >= 15 is 0 Å². The van der Waals surface area contributed by atoms with Crippen LogP contribution in [-0.2, 0) is 4.74 Å². The Bertz CT molecular complexity index is 770. The van der Waals surface area contributed by atoms with Crippen LogP contribution in [-0.4, -0.2) is 11.6 Å². The largest absolute Gasteiger partial charge is 0.456 e. The van der Waals surface area contributed by atoms with Gasteiger partial charge in [0.05, 0.1) is 11.3 Å². The molecule has 1 aromatic rings. The first-order chi connectivity index (χ1) is 10.7. The smallest absolute Gasteiger partial charge is 0.340 e. The monoisotopic (exact) mass is 372 g/mol. The number of ether oxygens (including phenoxy) is 1. The summed E-state index contributed by atoms with van der Waals surface area (Å²) in [6.45, 7) is 5.21. The van der Waals surface area contributed by atoms with E-state index in [1.807, 2.05) is 0 Å². The molecule has 0 atom stereocenters. The average molecular weight is 373 g/mol. The number of carbonyl (C=O) groups is 1. The van der Waals surface area contributed by atoms with Crippen molar-refractivity contribution in [1.29, 1.82) is 15.8 Å². The molecule has 0 saturated carbocycles. The summed E-state index contributed by atoms with van der Waals surface area (Å²) in [6.07, 6.45) is 0. The van der Waals surface area contributed by atoms with Gasteiger partial charge >= 0.3 is 5.97 Å². The lowest BCUT2D eigenvalue weighted by molar-refractivity contribution is 0.00706. The van der Waals surface area contributed by atoms with Crippen molar-refractivity contribution >= 4 is 27.6 Å². The minimum atomic E-state index is -0.685. The van der Waals surface area contributed by atoms with Gasteiger partial charge in [-0.25, -0.2) is 4.79 Å². The number of nitrogens with zero attached hydrogens (tertiary/aromatic N) is 3. The first-order valence-electron chi connectivity index (χ1n) is 6.46. The van der Waals surface area contributed by atoms with Gasteiger partial charge in [0, 0.05) is 4.47 Å². The third-order valence-electron chi connectivity index (χ3n) is 2.45. The standard InChI is InChI=1S/C16H13BrN4O2/c1-16(2,3)23-15(22)12-6-11(17)4-5-13(12)21-14(9-20)10(7-18)8-19/h4-6,21H,1-3H3. The fourth-order valence-corrected chi connectivity index (χ4v) is 1.91. The van der Waals surface area contributed by atoms with E-state index in [-0.39, 0.29) is 22.5 Å². The molecule has 7 heteroatoms. The predicted octanol–water partition coefficient (Wildman–Crippen LogP) is 3.64. The molecule has 0 saturated heterocycles. The summed E-state index contributed by atoms with van der Waals surface area (Å²) >= 11 is 3.27. The Hall–Kier alpha value is -2.82. The van der Waals surface area contributed by atoms with Crippen molar-refractivity contribution in [2.75, 3.05) is 5.32 Å². The predicted molar refractivity (Wildman–Crippen MR) is 86.8 cm³/mol. The molecule has 116 valence electrons. The van der Waals surface area contributed by atoms with Gasteiger partial charge in [-0.3, -0.25) is 0 Å². The van der Waals surface area contributed by atoms with Crippen molar-refractivity contribution in [1.82, 2.24) is 0 Å². The Kier molecular flexibility index (Phi) is 5.90. The number of esters is 1. The Labute approximate surface area is 142 Å². The summed E-state index contributed by atoms with van der Waals surface area (Å²) in [7, 11) is 0. The maximum atomic E-state index is 12.3. The molecule has 0 spiro atoms. The van der Waals surface area contributed by atoms with Crippen molar-refractivity contribution in [3.8, 4) is 18.2 Å². The highest BCUT2D eigenvalue weighted by Gasteiger charge is 2.21. The lowest BCUT2D eigenvalue weighted by Gasteiger charge is -2.21. The summed E-state index contributed by atoms with van der Waals surface area (Å²) in [4.78, 5) is 12.3. The summed E-state index contributed by atoms with van der Waals surface area (Å²) in [5, 5.41) is 29.5. The van der Waals surface area contributed by atoms with E-state index in [0.717, 1.165) is 0 Å². The van der Waals surface area contributed by atoms with Crippen LogP contribution in [0.2, 0.25) is 0 Å². The van der Waals surface area contributed by atoms with Crippen LogP contribution in [0, 0.1) is 34.0 Å². The Morgan fingerprint density at radius 3 is 2.26 bits per heavy atom. The number of hydrogen-bond donors (Lipinski definition) is 1. The van der Waals surface area contributed by atoms with Crippen LogP contribution in [0.3, 0.4) is 0 Å². The van der Waals surface area contributed by atoms with Crippen molar-refractivity contribution in [2.24, 2.45) is 0 Å². The topological polar surface area (TPSA) is 110 Å². The summed E-state index contributed by atoms with van der Waals surface area (Å²) in [6, 6.07) is 9.74. The molecular weight excluding hydrogens is 360 g/mol. The average Bonchev–Trinajstić information content (AvgIpc) is 2.46. The number of carbonyl (C=O) groups excluding carboxylic acids is 1. The van der Waals surface area contributed by atoms with Gasteiger partial charge in [-0.15, -0.1) is 0 Å². The molecule has 0 unspecified atom stereocenters. The zero-order chi connectivity index (χ0) is 17.6. The van der Waals surface area contributed by atoms with E-state index in [9.17, 15) is 4.79 Å². The zero-order valence-electron chi connectivity index (χ0n) is 12.8. The molecule has 23 heavy (non-hydrogen) atoms. The van der Waals surface area contributed by atoms with Crippen LogP contribution in [0.4, 0.5) is 5.69 Å². The second kappa shape index (κ2) is 7.45. The number of hydrogen-bond acceptors (Lipinski definition) is 6. The fraction of sp³-hybridized carbons (Fsp3) is 0.250. The molecule has 1 N–H and O–H groups in total. The van der Waals surface area contributed by atoms with Crippen LogP contribution in [0.5, 0.6) is 0 Å². The second-order valence-corrected chi connectivity index (χ2v) is 6.32. The molecule has 0 aliphatic rings. The highest BCUT2D eigenvalue weighted by Crippen LogP contribution is 2.25. The number of benzene rings is 1. The Balaban J connectivity index is 3.32. The molecule has 1 aromatic carbocycles. The molecule has 0 aliphatic carbocycles. The molecule has 0 amide bonds. The van der Waals surface area contributed by atoms with Gasteiger partial charge in [0.1, 0.15) is 29.5 Å². The SMILES string of the molecule is CC(C)(C)OC(=O)c1cc(Br)ccc1NC(C#N)=C(C#N)C#N. The number of nitrogens with one attached hydrogen (secondary N) is 1. The summed E-state index contributed by atoms with van der Waals surface area (Å²) < 4.78 is 5.96. The minimum Gasteiger partial charge on any atom is -0.456 e. The van der Waals surface area contributed by atoms with E-state index in [0.29, 0.717) is 4.47 Å². The van der Waals surface area contributed by atoms with Crippen molar-refractivity contribution in [3.63, 3.8) is 0 Å². The zero-order valence-corrected chi connectivity index (χ0v) is 14.4. The second-order valence-electron chi connectivity index (χ2n) is 5.40. The summed E-state index contributed by atoms with van der Waals surface area (Å²) in [5.74, 6) is -0.589. The van der Waals surface area contributed by atoms with E-state index in [1.54, 1.807) is 51.1 Å². The minimum absolute atomic E-state index is 0.178. The van der Waals surface area contributed by atoms with E-state index in [1.165, 1.54) is 6.07 Å². The maximum Gasteiger partial charge on any atom is 0.340 e. The quantitative estimate of drug-likeness (QED) is 0.640. The van der Waals surface area contributed by atoms with Crippen molar-refractivity contribution in [2.45, 2.75) is 26.4 Å². The molecule has 1 rings (SSSR count). The van der Waals surface area contributed by atoms with Gasteiger partial charge in [0.25, 0.3) is 0 Å². The number of anilines is 1. The molecule has 0 aliphatic heterocycles. The normalized spacial score (nSPS) is 9.78. The molecular formula is C16H13BrN4O2. The first-order valence-corrected chi connectivity index (χ1v) is 7.25. The highest BCUT2D eigenvalue weighted by atomic mass is 79.9. The lowest BCUT2D eigenvalue weighted by atomic mass is 10.1. The van der Waals surface area contributed by atoms with Crippen LogP contribution >= 0.6 is 15.9 Å². The van der Waals surface area contributed by atoms with Gasteiger partial charge in [-0.2, -0.15) is 15.8 Å². The third kappa shape index (κ3) is 5.14. The van der Waals surface area contributed by atoms with Gasteiger partial charge in [0.2, 0.25) is 0 Å². The third-order valence-corrected chi connectivity index (χ3v) is 2.94. The Morgan fingerprint density at radius 2 is 1.78 bits per heavy atom. The fourth-order valence-electron chi connectivity index (χ4n) is 1.55. The van der Waals surface area contributed by atoms with E-state index in [4.69, 9.17) is 20.5 Å². The van der Waals surface area contributed by atoms with Crippen molar-refractivity contribution < 1.29 is 9.53 Å². The molecule has 0 heterocycles. The number of halogens is 1. The van der Waals surface area contributed by atoms with Gasteiger partial charge in [-0.1, -0.05) is 15.9 Å². The molecule has 0 aromatic heterocycles. The Morgan fingerprint density at radius 1 is 1.17 bits per heavy atom. The van der Waals surface area contributed by atoms with Crippen LogP contribution in [0.1, 0.15) is 31.1 Å². The maximum absolute atomic E-state index is 12.3. The van der Waals surface area contributed by atoms with E-state index < -0.39 is 11.6 Å². The molecule has 0 radical (unpaired) electrons. The molecule has 0 fully saturated rings. The van der Waals surface area contributed by atoms with Gasteiger partial charge in [0.15, 0.2) is 5.57 Å². The number of rotatable bonds is 3. The van der Waals surface area contributed by atoms with E-state index in [2.05, 4.69) is 21.2 Å². The van der Waals surface area contributed by atoms with Gasteiger partial charge in [-0.05, 0) is 39.0 Å². The van der Waals surface area contributed by atoms with Crippen LogP contribution in [0.15, 0.2) is 33.9 Å². The van der Waals surface area contributed by atoms with Crippen LogP contribution < -0.4 is 5.32 Å². The van der Waals surface area contributed by atoms with Crippen LogP contribution in [0.25, 0.3) is 0 Å². The summed E-state index contributed by atoms with van der Waals surface area (Å²) in [5.41, 5.74) is -0.846. The lowest BCUT2D eigenvalue weighted by Crippen LogP contribution is -2.24.